The fraction of sp³-hybridized carbons (Fsp3) is 0.200. The van der Waals surface area contributed by atoms with Gasteiger partial charge >= 0.3 is 0 Å². The fourth-order valence-corrected chi connectivity index (χ4v) is 2.93. The molecular formula is C25H25ClN2O3. The zero-order valence-corrected chi connectivity index (χ0v) is 18.4. The first-order valence-electron chi connectivity index (χ1n) is 10.1. The van der Waals surface area contributed by atoms with E-state index in [4.69, 9.17) is 21.1 Å². The maximum atomic E-state index is 12.3. The van der Waals surface area contributed by atoms with Gasteiger partial charge in [-0.3, -0.25) is 4.79 Å². The molecule has 1 N–H and O–H groups in total. The molecule has 0 radical (unpaired) electrons. The predicted octanol–water partition coefficient (Wildman–Crippen LogP) is 5.78. The summed E-state index contributed by atoms with van der Waals surface area (Å²) >= 11 is 6.12. The Hall–Kier alpha value is -3.31. The summed E-state index contributed by atoms with van der Waals surface area (Å²) < 4.78 is 11.5. The average molecular weight is 437 g/mol. The topological polar surface area (TPSA) is 59.9 Å². The fourth-order valence-electron chi connectivity index (χ4n) is 2.74. The van der Waals surface area contributed by atoms with Crippen molar-refractivity contribution in [3.63, 3.8) is 0 Å². The number of nitrogens with zero attached hydrogens (tertiary/aromatic N) is 1. The standard InChI is InChI=1S/C25H25ClN2O3/c1-3-14-30-23-11-8-20(9-12-23)25(29)28-27-16-21-15-22(26)10-13-24(21)31-17-19-6-4-18(2)5-7-19/h4-13,15-16H,3,14,17H2,1-2H3,(H,28,29)/b27-16+. The van der Waals surface area contributed by atoms with E-state index in [2.05, 4.69) is 10.5 Å². The average Bonchev–Trinajstić information content (AvgIpc) is 2.78. The third-order valence-electron chi connectivity index (χ3n) is 4.45. The van der Waals surface area contributed by atoms with Crippen molar-refractivity contribution >= 4 is 23.7 Å². The minimum Gasteiger partial charge on any atom is -0.494 e. The van der Waals surface area contributed by atoms with E-state index >= 15 is 0 Å². The van der Waals surface area contributed by atoms with Gasteiger partial charge in [-0.2, -0.15) is 5.10 Å². The Kier molecular flexibility index (Phi) is 8.07. The summed E-state index contributed by atoms with van der Waals surface area (Å²) in [6.07, 6.45) is 2.45. The van der Waals surface area contributed by atoms with E-state index in [0.717, 1.165) is 17.7 Å². The van der Waals surface area contributed by atoms with E-state index in [1.54, 1.807) is 42.5 Å². The lowest BCUT2D eigenvalue weighted by Crippen LogP contribution is -2.17. The Morgan fingerprint density at radius 2 is 1.77 bits per heavy atom. The summed E-state index contributed by atoms with van der Waals surface area (Å²) in [5.41, 5.74) is 5.94. The van der Waals surface area contributed by atoms with Gasteiger partial charge in [-0.1, -0.05) is 48.4 Å². The van der Waals surface area contributed by atoms with Crippen molar-refractivity contribution in [3.8, 4) is 11.5 Å². The highest BCUT2D eigenvalue weighted by molar-refractivity contribution is 6.30. The molecule has 0 unspecified atom stereocenters. The summed E-state index contributed by atoms with van der Waals surface area (Å²) in [5, 5.41) is 4.62. The number of carbonyl (C=O) groups excluding carboxylic acids is 1. The second-order valence-corrected chi connectivity index (χ2v) is 7.46. The second kappa shape index (κ2) is 11.2. The van der Waals surface area contributed by atoms with Crippen LogP contribution in [0, 0.1) is 6.92 Å². The number of hydrazone groups is 1. The van der Waals surface area contributed by atoms with Gasteiger partial charge in [0.1, 0.15) is 18.1 Å². The Labute approximate surface area is 187 Å². The van der Waals surface area contributed by atoms with Crippen LogP contribution in [0.2, 0.25) is 5.02 Å². The molecule has 0 heterocycles. The van der Waals surface area contributed by atoms with Crippen molar-refractivity contribution in [3.05, 3.63) is 94.0 Å². The second-order valence-electron chi connectivity index (χ2n) is 7.03. The van der Waals surface area contributed by atoms with Crippen molar-refractivity contribution in [2.45, 2.75) is 26.9 Å². The van der Waals surface area contributed by atoms with Crippen molar-refractivity contribution in [1.82, 2.24) is 5.43 Å². The van der Waals surface area contributed by atoms with Gasteiger partial charge in [0.2, 0.25) is 0 Å². The molecule has 31 heavy (non-hydrogen) atoms. The lowest BCUT2D eigenvalue weighted by Gasteiger charge is -2.10. The number of benzene rings is 3. The molecular weight excluding hydrogens is 412 g/mol. The van der Waals surface area contributed by atoms with Crippen molar-refractivity contribution in [2.24, 2.45) is 5.10 Å². The minimum absolute atomic E-state index is 0.317. The number of aryl methyl sites for hydroxylation is 1. The third-order valence-corrected chi connectivity index (χ3v) is 4.68. The van der Waals surface area contributed by atoms with Gasteiger partial charge in [-0.15, -0.1) is 0 Å². The zero-order valence-electron chi connectivity index (χ0n) is 17.6. The van der Waals surface area contributed by atoms with E-state index in [9.17, 15) is 4.79 Å². The first-order valence-corrected chi connectivity index (χ1v) is 10.5. The van der Waals surface area contributed by atoms with Crippen LogP contribution in [0.3, 0.4) is 0 Å². The van der Waals surface area contributed by atoms with Crippen LogP contribution in [-0.4, -0.2) is 18.7 Å². The number of nitrogens with one attached hydrogen (secondary N) is 1. The normalized spacial score (nSPS) is 10.8. The van der Waals surface area contributed by atoms with Crippen LogP contribution in [-0.2, 0) is 6.61 Å². The van der Waals surface area contributed by atoms with Gasteiger partial charge in [0.05, 0.1) is 12.8 Å². The van der Waals surface area contributed by atoms with Gasteiger partial charge in [-0.25, -0.2) is 5.43 Å². The molecule has 0 spiro atoms. The maximum Gasteiger partial charge on any atom is 0.271 e. The Bertz CT molecular complexity index is 1030. The van der Waals surface area contributed by atoms with Gasteiger partial charge < -0.3 is 9.47 Å². The van der Waals surface area contributed by atoms with E-state index in [1.807, 2.05) is 38.1 Å². The molecule has 0 aliphatic carbocycles. The molecule has 3 aromatic carbocycles. The molecule has 0 aliphatic rings. The summed E-state index contributed by atoms with van der Waals surface area (Å²) in [7, 11) is 0. The smallest absolute Gasteiger partial charge is 0.271 e. The third kappa shape index (κ3) is 6.86. The number of hydrogen-bond donors (Lipinski definition) is 1. The number of hydrogen-bond acceptors (Lipinski definition) is 4. The van der Waals surface area contributed by atoms with Crippen LogP contribution >= 0.6 is 11.6 Å². The summed E-state index contributed by atoms with van der Waals surface area (Å²) in [4.78, 5) is 12.3. The lowest BCUT2D eigenvalue weighted by molar-refractivity contribution is 0.0955. The van der Waals surface area contributed by atoms with E-state index in [1.165, 1.54) is 11.8 Å². The van der Waals surface area contributed by atoms with E-state index in [0.29, 0.717) is 35.1 Å². The van der Waals surface area contributed by atoms with Gasteiger partial charge in [-0.05, 0) is 61.4 Å². The van der Waals surface area contributed by atoms with Crippen molar-refractivity contribution < 1.29 is 14.3 Å². The predicted molar refractivity (Wildman–Crippen MR) is 124 cm³/mol. The number of ether oxygens (including phenoxy) is 2. The van der Waals surface area contributed by atoms with Crippen LogP contribution in [0.5, 0.6) is 11.5 Å². The molecule has 3 rings (SSSR count). The first-order chi connectivity index (χ1) is 15.0. The van der Waals surface area contributed by atoms with Gasteiger partial charge in [0.15, 0.2) is 0 Å². The molecule has 0 atom stereocenters. The SMILES string of the molecule is CCCOc1ccc(C(=O)N/N=C/c2cc(Cl)ccc2OCc2ccc(C)cc2)cc1. The number of halogens is 1. The Morgan fingerprint density at radius 1 is 1.03 bits per heavy atom. The quantitative estimate of drug-likeness (QED) is 0.341. The van der Waals surface area contributed by atoms with Gasteiger partial charge in [0, 0.05) is 16.1 Å². The highest BCUT2D eigenvalue weighted by atomic mass is 35.5. The largest absolute Gasteiger partial charge is 0.494 e. The molecule has 0 aliphatic heterocycles. The first kappa shape index (κ1) is 22.4. The van der Waals surface area contributed by atoms with Crippen LogP contribution in [0.15, 0.2) is 71.8 Å². The van der Waals surface area contributed by atoms with Crippen LogP contribution in [0.25, 0.3) is 0 Å². The Morgan fingerprint density at radius 3 is 2.48 bits per heavy atom. The summed E-state index contributed by atoms with van der Waals surface area (Å²) in [6.45, 7) is 5.14. The van der Waals surface area contributed by atoms with Crippen LogP contribution < -0.4 is 14.9 Å². The van der Waals surface area contributed by atoms with E-state index < -0.39 is 0 Å². The monoisotopic (exact) mass is 436 g/mol. The molecule has 6 heteroatoms. The summed E-state index contributed by atoms with van der Waals surface area (Å²) in [6, 6.07) is 20.3. The van der Waals surface area contributed by atoms with Gasteiger partial charge in [0.25, 0.3) is 5.91 Å². The molecule has 1 amide bonds. The van der Waals surface area contributed by atoms with Crippen LogP contribution in [0.4, 0.5) is 0 Å². The van der Waals surface area contributed by atoms with E-state index in [-0.39, 0.29) is 5.91 Å². The molecule has 3 aromatic rings. The zero-order chi connectivity index (χ0) is 22.1. The Balaban J connectivity index is 1.62. The van der Waals surface area contributed by atoms with Crippen molar-refractivity contribution in [1.29, 1.82) is 0 Å². The molecule has 0 saturated heterocycles. The lowest BCUT2D eigenvalue weighted by atomic mass is 10.1. The molecule has 5 nitrogen and oxygen atoms in total. The highest BCUT2D eigenvalue weighted by Crippen LogP contribution is 2.22. The molecule has 160 valence electrons. The molecule has 0 fully saturated rings. The minimum atomic E-state index is -0.317. The molecule has 0 saturated carbocycles. The molecule has 0 bridgehead atoms. The van der Waals surface area contributed by atoms with Crippen LogP contribution in [0.1, 0.15) is 40.4 Å². The number of carbonyl (C=O) groups is 1. The highest BCUT2D eigenvalue weighted by Gasteiger charge is 2.06. The maximum absolute atomic E-state index is 12.3. The number of rotatable bonds is 9. The summed E-state index contributed by atoms with van der Waals surface area (Å²) in [5.74, 6) is 1.04. The van der Waals surface area contributed by atoms with Crippen molar-refractivity contribution in [2.75, 3.05) is 6.61 Å². The molecule has 0 aromatic heterocycles. The number of amides is 1.